The Kier molecular flexibility index (Phi) is 7.85. The summed E-state index contributed by atoms with van der Waals surface area (Å²) in [5.74, 6) is 2.20. The average Bonchev–Trinajstić information content (AvgIpc) is 3.38. The summed E-state index contributed by atoms with van der Waals surface area (Å²) in [5, 5.41) is 18.9. The average molecular weight is 551 g/mol. The molecule has 1 saturated carbocycles. The van der Waals surface area contributed by atoms with Crippen LogP contribution in [0.15, 0.2) is 60.7 Å². The highest BCUT2D eigenvalue weighted by molar-refractivity contribution is 5.99. The van der Waals surface area contributed by atoms with Gasteiger partial charge in [0.15, 0.2) is 5.82 Å². The number of alkyl halides is 3. The summed E-state index contributed by atoms with van der Waals surface area (Å²) in [6, 6.07) is 14.4. The van der Waals surface area contributed by atoms with E-state index in [2.05, 4.69) is 41.4 Å². The monoisotopic (exact) mass is 550 g/mol. The van der Waals surface area contributed by atoms with Gasteiger partial charge in [-0.05, 0) is 62.2 Å². The lowest BCUT2D eigenvalue weighted by atomic mass is 9.87. The third kappa shape index (κ3) is 7.07. The molecule has 1 aliphatic carbocycles. The number of halogens is 3. The first-order chi connectivity index (χ1) is 19.2. The van der Waals surface area contributed by atoms with Crippen molar-refractivity contribution >= 4 is 40.7 Å². The predicted octanol–water partition coefficient (Wildman–Crippen LogP) is 7.71. The van der Waals surface area contributed by atoms with Crippen LogP contribution in [0.3, 0.4) is 0 Å². The Morgan fingerprint density at radius 3 is 2.33 bits per heavy atom. The minimum Gasteiger partial charge on any atom is -0.324 e. The maximum absolute atomic E-state index is 12.9. The number of amides is 2. The van der Waals surface area contributed by atoms with Gasteiger partial charge in [-0.25, -0.2) is 9.78 Å². The lowest BCUT2D eigenvalue weighted by Gasteiger charge is -2.19. The molecule has 2 aromatic carbocycles. The van der Waals surface area contributed by atoms with E-state index in [1.54, 1.807) is 24.3 Å². The Labute approximate surface area is 229 Å². The van der Waals surface area contributed by atoms with Crippen molar-refractivity contribution in [1.29, 1.82) is 0 Å². The Balaban J connectivity index is 1.18. The molecule has 2 amide bonds. The Morgan fingerprint density at radius 1 is 0.850 bits per heavy atom. The number of rotatable bonds is 7. The van der Waals surface area contributed by atoms with Gasteiger partial charge in [-0.3, -0.25) is 5.10 Å². The number of hydrogen-bond acceptors (Lipinski definition) is 6. The highest BCUT2D eigenvalue weighted by atomic mass is 19.4. The van der Waals surface area contributed by atoms with Crippen molar-refractivity contribution in [2.75, 3.05) is 21.3 Å². The standard InChI is InChI=1S/C28H29F3N8O/c1-17-14-24(36-25-16-23(38-39-25)18-6-3-2-4-7-18)37-26(32-17)33-20-10-12-21(13-11-20)34-27(40)35-22-9-5-8-19(15-22)28(29,30)31/h5,8-16,18H,2-4,6-7H2,1H3,(H2,34,35,40)(H3,32,33,36,37,38,39). The van der Waals surface area contributed by atoms with Gasteiger partial charge in [0.1, 0.15) is 5.82 Å². The molecule has 2 heterocycles. The van der Waals surface area contributed by atoms with Crippen LogP contribution in [0, 0.1) is 6.92 Å². The molecule has 1 fully saturated rings. The van der Waals surface area contributed by atoms with E-state index < -0.39 is 17.8 Å². The Hall–Kier alpha value is -4.61. The summed E-state index contributed by atoms with van der Waals surface area (Å²) < 4.78 is 38.7. The zero-order valence-electron chi connectivity index (χ0n) is 21.8. The lowest BCUT2D eigenvalue weighted by Crippen LogP contribution is -2.19. The fraction of sp³-hybridized carbons (Fsp3) is 0.286. The molecule has 0 bridgehead atoms. The molecular formula is C28H29F3N8O. The van der Waals surface area contributed by atoms with Crippen LogP contribution in [-0.2, 0) is 6.18 Å². The summed E-state index contributed by atoms with van der Waals surface area (Å²) in [6.45, 7) is 1.87. The van der Waals surface area contributed by atoms with Crippen molar-refractivity contribution in [2.45, 2.75) is 51.1 Å². The molecule has 208 valence electrons. The zero-order valence-corrected chi connectivity index (χ0v) is 21.8. The van der Waals surface area contributed by atoms with Gasteiger partial charge >= 0.3 is 12.2 Å². The lowest BCUT2D eigenvalue weighted by molar-refractivity contribution is -0.137. The molecule has 0 spiro atoms. The second-order valence-corrected chi connectivity index (χ2v) is 9.75. The number of nitrogens with zero attached hydrogens (tertiary/aromatic N) is 3. The molecule has 1 aliphatic rings. The SMILES string of the molecule is Cc1cc(Nc2cc(C3CCCCC3)[nH]n2)nc(Nc2ccc(NC(=O)Nc3cccc(C(F)(F)F)c3)cc2)n1. The quantitative estimate of drug-likeness (QED) is 0.161. The molecule has 0 aliphatic heterocycles. The maximum atomic E-state index is 12.9. The van der Waals surface area contributed by atoms with Crippen LogP contribution >= 0.6 is 0 Å². The number of nitrogens with one attached hydrogen (secondary N) is 5. The molecule has 0 unspecified atom stereocenters. The van der Waals surface area contributed by atoms with Crippen LogP contribution in [-0.4, -0.2) is 26.2 Å². The van der Waals surface area contributed by atoms with Crippen LogP contribution in [0.4, 0.5) is 52.6 Å². The molecule has 5 rings (SSSR count). The van der Waals surface area contributed by atoms with Gasteiger partial charge in [-0.2, -0.15) is 23.3 Å². The first-order valence-corrected chi connectivity index (χ1v) is 13.0. The minimum absolute atomic E-state index is 0.0340. The Morgan fingerprint density at radius 2 is 1.57 bits per heavy atom. The maximum Gasteiger partial charge on any atom is 0.416 e. The molecular weight excluding hydrogens is 521 g/mol. The van der Waals surface area contributed by atoms with Crippen molar-refractivity contribution in [3.63, 3.8) is 0 Å². The van der Waals surface area contributed by atoms with Gasteiger partial charge in [-0.1, -0.05) is 25.3 Å². The summed E-state index contributed by atoms with van der Waals surface area (Å²) in [5.41, 5.74) is 2.23. The van der Waals surface area contributed by atoms with E-state index >= 15 is 0 Å². The van der Waals surface area contributed by atoms with Crippen molar-refractivity contribution in [1.82, 2.24) is 20.2 Å². The van der Waals surface area contributed by atoms with E-state index in [1.807, 2.05) is 19.1 Å². The molecule has 2 aromatic heterocycles. The summed E-state index contributed by atoms with van der Waals surface area (Å²) in [4.78, 5) is 21.3. The number of urea groups is 1. The largest absolute Gasteiger partial charge is 0.416 e. The summed E-state index contributed by atoms with van der Waals surface area (Å²) in [6.07, 6.45) is 1.65. The molecule has 4 aromatic rings. The molecule has 0 radical (unpaired) electrons. The molecule has 5 N–H and O–H groups in total. The van der Waals surface area contributed by atoms with Crippen LogP contribution in [0.25, 0.3) is 0 Å². The van der Waals surface area contributed by atoms with Crippen LogP contribution in [0.5, 0.6) is 0 Å². The number of aromatic amines is 1. The van der Waals surface area contributed by atoms with Gasteiger partial charge < -0.3 is 21.3 Å². The van der Waals surface area contributed by atoms with Gasteiger partial charge in [0, 0.05) is 46.5 Å². The number of aromatic nitrogens is 4. The first kappa shape index (κ1) is 27.0. The van der Waals surface area contributed by atoms with Crippen LogP contribution in [0.2, 0.25) is 0 Å². The molecule has 0 atom stereocenters. The van der Waals surface area contributed by atoms with Gasteiger partial charge in [0.05, 0.1) is 5.56 Å². The van der Waals surface area contributed by atoms with E-state index in [4.69, 9.17) is 0 Å². The van der Waals surface area contributed by atoms with Crippen LogP contribution in [0.1, 0.15) is 55.0 Å². The summed E-state index contributed by atoms with van der Waals surface area (Å²) in [7, 11) is 0. The smallest absolute Gasteiger partial charge is 0.324 e. The second kappa shape index (κ2) is 11.6. The summed E-state index contributed by atoms with van der Waals surface area (Å²) >= 11 is 0. The Bertz CT molecular complexity index is 1460. The van der Waals surface area contributed by atoms with E-state index in [-0.39, 0.29) is 5.69 Å². The second-order valence-electron chi connectivity index (χ2n) is 9.75. The van der Waals surface area contributed by atoms with Gasteiger partial charge in [-0.15, -0.1) is 0 Å². The number of hydrogen-bond donors (Lipinski definition) is 5. The molecule has 0 saturated heterocycles. The number of H-pyrrole nitrogens is 1. The molecule has 40 heavy (non-hydrogen) atoms. The number of aryl methyl sites for hydroxylation is 1. The highest BCUT2D eigenvalue weighted by Gasteiger charge is 2.30. The number of anilines is 6. The van der Waals surface area contributed by atoms with E-state index in [0.29, 0.717) is 34.9 Å². The van der Waals surface area contributed by atoms with Crippen molar-refractivity contribution in [2.24, 2.45) is 0 Å². The third-order valence-electron chi connectivity index (χ3n) is 6.60. The van der Waals surface area contributed by atoms with E-state index in [9.17, 15) is 18.0 Å². The zero-order chi connectivity index (χ0) is 28.1. The molecule has 12 heteroatoms. The fourth-order valence-electron chi connectivity index (χ4n) is 4.68. The highest BCUT2D eigenvalue weighted by Crippen LogP contribution is 2.33. The van der Waals surface area contributed by atoms with E-state index in [0.717, 1.165) is 23.5 Å². The first-order valence-electron chi connectivity index (χ1n) is 13.0. The number of carbonyl (C=O) groups is 1. The molecule has 9 nitrogen and oxygen atoms in total. The predicted molar refractivity (Wildman–Crippen MR) is 148 cm³/mol. The normalized spacial score (nSPS) is 14.0. The van der Waals surface area contributed by atoms with E-state index in [1.165, 1.54) is 44.2 Å². The van der Waals surface area contributed by atoms with Crippen molar-refractivity contribution in [3.05, 3.63) is 77.6 Å². The van der Waals surface area contributed by atoms with Gasteiger partial charge in [0.2, 0.25) is 5.95 Å². The topological polar surface area (TPSA) is 120 Å². The number of benzene rings is 2. The van der Waals surface area contributed by atoms with Crippen molar-refractivity contribution < 1.29 is 18.0 Å². The van der Waals surface area contributed by atoms with Crippen molar-refractivity contribution in [3.8, 4) is 0 Å². The fourth-order valence-corrected chi connectivity index (χ4v) is 4.68. The minimum atomic E-state index is -4.49. The third-order valence-corrected chi connectivity index (χ3v) is 6.60. The number of carbonyl (C=O) groups excluding carboxylic acids is 1. The van der Waals surface area contributed by atoms with Gasteiger partial charge in [0.25, 0.3) is 0 Å². The van der Waals surface area contributed by atoms with Crippen LogP contribution < -0.4 is 21.3 Å².